The smallest absolute Gasteiger partial charge is 0.151 e. The number of nitrogen functional groups attached to an aromatic ring is 2. The van der Waals surface area contributed by atoms with Crippen LogP contribution in [0, 0.1) is 5.82 Å². The molecule has 0 spiro atoms. The number of ketones is 1. The van der Waals surface area contributed by atoms with Crippen LogP contribution in [0.15, 0.2) is 12.1 Å². The summed E-state index contributed by atoms with van der Waals surface area (Å²) in [5, 5.41) is 0. The maximum absolute atomic E-state index is 13.3. The third-order valence-electron chi connectivity index (χ3n) is 1.74. The second-order valence-corrected chi connectivity index (χ2v) is 2.92. The molecule has 4 heteroatoms. The van der Waals surface area contributed by atoms with E-state index in [9.17, 15) is 9.18 Å². The SMILES string of the molecule is CC(=O)Cc1c(N)ccc(N)c1F. The molecule has 0 aliphatic carbocycles. The fourth-order valence-corrected chi connectivity index (χ4v) is 1.08. The van der Waals surface area contributed by atoms with E-state index >= 15 is 0 Å². The van der Waals surface area contributed by atoms with Crippen LogP contribution in [-0.2, 0) is 11.2 Å². The van der Waals surface area contributed by atoms with Crippen LogP contribution in [0.4, 0.5) is 15.8 Å². The van der Waals surface area contributed by atoms with E-state index in [4.69, 9.17) is 11.5 Å². The summed E-state index contributed by atoms with van der Waals surface area (Å²) in [4.78, 5) is 10.8. The average molecular weight is 182 g/mol. The van der Waals surface area contributed by atoms with E-state index in [1.54, 1.807) is 0 Å². The van der Waals surface area contributed by atoms with Gasteiger partial charge in [-0.1, -0.05) is 0 Å². The van der Waals surface area contributed by atoms with E-state index in [-0.39, 0.29) is 29.1 Å². The number of carbonyl (C=O) groups is 1. The van der Waals surface area contributed by atoms with Gasteiger partial charge < -0.3 is 11.5 Å². The van der Waals surface area contributed by atoms with Crippen LogP contribution in [0.5, 0.6) is 0 Å². The zero-order chi connectivity index (χ0) is 10.0. The molecule has 0 aliphatic heterocycles. The molecule has 0 fully saturated rings. The highest BCUT2D eigenvalue weighted by atomic mass is 19.1. The molecule has 1 aromatic rings. The fraction of sp³-hybridized carbons (Fsp3) is 0.222. The van der Waals surface area contributed by atoms with E-state index < -0.39 is 5.82 Å². The van der Waals surface area contributed by atoms with Gasteiger partial charge in [-0.15, -0.1) is 0 Å². The first-order valence-electron chi connectivity index (χ1n) is 3.84. The molecule has 0 aliphatic rings. The van der Waals surface area contributed by atoms with Gasteiger partial charge in [-0.25, -0.2) is 4.39 Å². The van der Waals surface area contributed by atoms with Crippen molar-refractivity contribution < 1.29 is 9.18 Å². The number of hydrogen-bond acceptors (Lipinski definition) is 3. The summed E-state index contributed by atoms with van der Waals surface area (Å²) in [5.74, 6) is -0.730. The predicted molar refractivity (Wildman–Crippen MR) is 49.6 cm³/mol. The highest BCUT2D eigenvalue weighted by molar-refractivity contribution is 5.80. The van der Waals surface area contributed by atoms with Gasteiger partial charge in [0.25, 0.3) is 0 Å². The number of hydrogen-bond donors (Lipinski definition) is 2. The lowest BCUT2D eigenvalue weighted by Gasteiger charge is -2.06. The largest absolute Gasteiger partial charge is 0.398 e. The zero-order valence-corrected chi connectivity index (χ0v) is 7.30. The van der Waals surface area contributed by atoms with E-state index in [0.29, 0.717) is 0 Å². The van der Waals surface area contributed by atoms with Gasteiger partial charge in [0, 0.05) is 17.7 Å². The van der Waals surface area contributed by atoms with E-state index in [1.807, 2.05) is 0 Å². The Kier molecular flexibility index (Phi) is 2.51. The number of nitrogens with two attached hydrogens (primary N) is 2. The molecule has 0 heterocycles. The van der Waals surface area contributed by atoms with Gasteiger partial charge >= 0.3 is 0 Å². The minimum atomic E-state index is -0.588. The van der Waals surface area contributed by atoms with Crippen molar-refractivity contribution in [1.82, 2.24) is 0 Å². The summed E-state index contributed by atoms with van der Waals surface area (Å²) >= 11 is 0. The Labute approximate surface area is 75.5 Å². The molecule has 1 rings (SSSR count). The number of rotatable bonds is 2. The van der Waals surface area contributed by atoms with E-state index in [1.165, 1.54) is 19.1 Å². The molecular formula is C9H11FN2O. The molecule has 13 heavy (non-hydrogen) atoms. The Morgan fingerprint density at radius 1 is 1.38 bits per heavy atom. The Bertz CT molecular complexity index is 350. The number of halogens is 1. The molecule has 0 saturated heterocycles. The quantitative estimate of drug-likeness (QED) is 0.673. The monoisotopic (exact) mass is 182 g/mol. The Balaban J connectivity index is 3.17. The van der Waals surface area contributed by atoms with Gasteiger partial charge in [-0.2, -0.15) is 0 Å². The van der Waals surface area contributed by atoms with Crippen molar-refractivity contribution in [3.05, 3.63) is 23.5 Å². The first kappa shape index (κ1) is 9.51. The average Bonchev–Trinajstić information content (AvgIpc) is 2.05. The fourth-order valence-electron chi connectivity index (χ4n) is 1.08. The predicted octanol–water partition coefficient (Wildman–Crippen LogP) is 1.12. The third-order valence-corrected chi connectivity index (χ3v) is 1.74. The van der Waals surface area contributed by atoms with Gasteiger partial charge in [-0.3, -0.25) is 4.79 Å². The normalized spacial score (nSPS) is 10.0. The molecule has 70 valence electrons. The molecule has 0 aromatic heterocycles. The standard InChI is InChI=1S/C9H11FN2O/c1-5(13)4-6-7(11)2-3-8(12)9(6)10/h2-3H,4,11-12H2,1H3. The zero-order valence-electron chi connectivity index (χ0n) is 7.30. The minimum absolute atomic E-state index is 0.0112. The highest BCUT2D eigenvalue weighted by Gasteiger charge is 2.11. The number of carbonyl (C=O) groups excluding carboxylic acids is 1. The Morgan fingerprint density at radius 2 is 1.92 bits per heavy atom. The van der Waals surface area contributed by atoms with Crippen molar-refractivity contribution in [1.29, 1.82) is 0 Å². The van der Waals surface area contributed by atoms with Crippen molar-refractivity contribution in [2.45, 2.75) is 13.3 Å². The number of anilines is 2. The third kappa shape index (κ3) is 1.96. The number of benzene rings is 1. The highest BCUT2D eigenvalue weighted by Crippen LogP contribution is 2.21. The van der Waals surface area contributed by atoms with Crippen LogP contribution < -0.4 is 11.5 Å². The Morgan fingerprint density at radius 3 is 2.46 bits per heavy atom. The topological polar surface area (TPSA) is 69.1 Å². The summed E-state index contributed by atoms with van der Waals surface area (Å²) < 4.78 is 13.3. The van der Waals surface area contributed by atoms with E-state index in [2.05, 4.69) is 0 Å². The summed E-state index contributed by atoms with van der Waals surface area (Å²) in [6.07, 6.45) is -0.0112. The van der Waals surface area contributed by atoms with Crippen molar-refractivity contribution in [2.75, 3.05) is 11.5 Å². The van der Waals surface area contributed by atoms with Crippen LogP contribution in [0.25, 0.3) is 0 Å². The van der Waals surface area contributed by atoms with Gasteiger partial charge in [-0.05, 0) is 19.1 Å². The molecule has 0 unspecified atom stereocenters. The second kappa shape index (κ2) is 3.43. The summed E-state index contributed by atoms with van der Waals surface area (Å²) in [5.41, 5.74) is 11.3. The minimum Gasteiger partial charge on any atom is -0.398 e. The van der Waals surface area contributed by atoms with Crippen molar-refractivity contribution in [3.63, 3.8) is 0 Å². The van der Waals surface area contributed by atoms with Crippen molar-refractivity contribution in [3.8, 4) is 0 Å². The van der Waals surface area contributed by atoms with E-state index in [0.717, 1.165) is 0 Å². The number of Topliss-reactive ketones (excluding diaryl/α,β-unsaturated/α-hetero) is 1. The van der Waals surface area contributed by atoms with Crippen molar-refractivity contribution >= 4 is 17.2 Å². The van der Waals surface area contributed by atoms with Gasteiger partial charge in [0.15, 0.2) is 5.82 Å². The van der Waals surface area contributed by atoms with Crippen LogP contribution in [-0.4, -0.2) is 5.78 Å². The maximum Gasteiger partial charge on any atom is 0.151 e. The van der Waals surface area contributed by atoms with Gasteiger partial charge in [0.2, 0.25) is 0 Å². The van der Waals surface area contributed by atoms with Crippen LogP contribution >= 0.6 is 0 Å². The summed E-state index contributed by atoms with van der Waals surface area (Å²) in [6.45, 7) is 1.38. The summed E-state index contributed by atoms with van der Waals surface area (Å²) in [6, 6.07) is 2.88. The second-order valence-electron chi connectivity index (χ2n) is 2.92. The molecule has 0 amide bonds. The lowest BCUT2D eigenvalue weighted by molar-refractivity contribution is -0.116. The first-order valence-corrected chi connectivity index (χ1v) is 3.84. The van der Waals surface area contributed by atoms with Crippen LogP contribution in [0.3, 0.4) is 0 Å². The van der Waals surface area contributed by atoms with Crippen molar-refractivity contribution in [2.24, 2.45) is 0 Å². The van der Waals surface area contributed by atoms with Gasteiger partial charge in [0.1, 0.15) is 5.78 Å². The van der Waals surface area contributed by atoms with Crippen LogP contribution in [0.1, 0.15) is 12.5 Å². The lowest BCUT2D eigenvalue weighted by Crippen LogP contribution is -2.06. The molecule has 0 atom stereocenters. The first-order chi connectivity index (χ1) is 6.02. The maximum atomic E-state index is 13.3. The molecule has 0 saturated carbocycles. The molecular weight excluding hydrogens is 171 g/mol. The molecule has 1 aromatic carbocycles. The van der Waals surface area contributed by atoms with Gasteiger partial charge in [0.05, 0.1) is 5.69 Å². The summed E-state index contributed by atoms with van der Waals surface area (Å²) in [7, 11) is 0. The molecule has 0 radical (unpaired) electrons. The lowest BCUT2D eigenvalue weighted by atomic mass is 10.1. The molecule has 4 N–H and O–H groups in total. The van der Waals surface area contributed by atoms with Crippen LogP contribution in [0.2, 0.25) is 0 Å². The molecule has 0 bridgehead atoms. The Hall–Kier alpha value is -1.58. The molecule has 3 nitrogen and oxygen atoms in total.